The van der Waals surface area contributed by atoms with Gasteiger partial charge in [0.15, 0.2) is 0 Å². The van der Waals surface area contributed by atoms with Crippen LogP contribution < -0.4 is 15.2 Å². The number of fused-ring (bicyclic) bond motifs is 1. The van der Waals surface area contributed by atoms with Crippen molar-refractivity contribution in [3.8, 4) is 5.75 Å². The number of benzene rings is 2. The van der Waals surface area contributed by atoms with Gasteiger partial charge in [-0.2, -0.15) is 0 Å². The van der Waals surface area contributed by atoms with Gasteiger partial charge in [-0.3, -0.25) is 4.79 Å². The van der Waals surface area contributed by atoms with Gasteiger partial charge in [0, 0.05) is 0 Å². The number of amides is 1. The molecule has 0 spiro atoms. The van der Waals surface area contributed by atoms with Gasteiger partial charge in [0.05, 0.1) is 23.6 Å². The maximum absolute atomic E-state index is 12.8. The fourth-order valence-electron chi connectivity index (χ4n) is 3.18. The number of hydrogen-bond acceptors (Lipinski definition) is 4. The summed E-state index contributed by atoms with van der Waals surface area (Å²) in [5.41, 5.74) is 2.48. The van der Waals surface area contributed by atoms with Crippen LogP contribution in [0.15, 0.2) is 47.4 Å². The maximum atomic E-state index is 12.8. The molecule has 0 aromatic heterocycles. The zero-order valence-electron chi connectivity index (χ0n) is 13.9. The van der Waals surface area contributed by atoms with E-state index >= 15 is 0 Å². The maximum Gasteiger partial charge on any atom is 0.255 e. The topological polar surface area (TPSA) is 98.5 Å². The first-order chi connectivity index (χ1) is 11.9. The predicted molar refractivity (Wildman–Crippen MR) is 94.0 cm³/mol. The van der Waals surface area contributed by atoms with Gasteiger partial charge in [-0.05, 0) is 48.6 Å². The number of ether oxygens (including phenoxy) is 1. The highest BCUT2D eigenvalue weighted by molar-refractivity contribution is 7.89. The monoisotopic (exact) mass is 360 g/mol. The molecule has 0 heterocycles. The van der Waals surface area contributed by atoms with Crippen LogP contribution in [0.3, 0.4) is 0 Å². The second kappa shape index (κ2) is 6.85. The molecule has 1 atom stereocenters. The molecule has 7 heteroatoms. The highest BCUT2D eigenvalue weighted by Gasteiger charge is 2.24. The van der Waals surface area contributed by atoms with Crippen molar-refractivity contribution in [3.05, 3.63) is 59.2 Å². The Bertz CT molecular complexity index is 909. The molecule has 3 N–H and O–H groups in total. The summed E-state index contributed by atoms with van der Waals surface area (Å²) in [5, 5.41) is 8.15. The Morgan fingerprint density at radius 2 is 2.00 bits per heavy atom. The van der Waals surface area contributed by atoms with Crippen LogP contribution in [-0.2, 0) is 16.4 Å². The summed E-state index contributed by atoms with van der Waals surface area (Å²) in [7, 11) is -2.47. The van der Waals surface area contributed by atoms with Gasteiger partial charge in [-0.15, -0.1) is 0 Å². The SMILES string of the molecule is COc1ccc(S(N)(=O)=O)cc1C(=O)N[C@H]1CCCc2ccccc21. The number of hydrogen-bond donors (Lipinski definition) is 2. The first kappa shape index (κ1) is 17.4. The number of nitrogens with one attached hydrogen (secondary N) is 1. The lowest BCUT2D eigenvalue weighted by Crippen LogP contribution is -2.31. The highest BCUT2D eigenvalue weighted by atomic mass is 32.2. The van der Waals surface area contributed by atoms with E-state index in [4.69, 9.17) is 9.88 Å². The van der Waals surface area contributed by atoms with Gasteiger partial charge >= 0.3 is 0 Å². The number of carbonyl (C=O) groups excluding carboxylic acids is 1. The van der Waals surface area contributed by atoms with Crippen LogP contribution in [0.2, 0.25) is 0 Å². The largest absolute Gasteiger partial charge is 0.496 e. The Morgan fingerprint density at radius 3 is 2.72 bits per heavy atom. The minimum atomic E-state index is -3.90. The highest BCUT2D eigenvalue weighted by Crippen LogP contribution is 2.30. The quantitative estimate of drug-likeness (QED) is 0.873. The summed E-state index contributed by atoms with van der Waals surface area (Å²) in [6, 6.07) is 11.9. The van der Waals surface area contributed by atoms with Gasteiger partial charge in [0.1, 0.15) is 5.75 Å². The second-order valence-corrected chi connectivity index (χ2v) is 7.59. The van der Waals surface area contributed by atoms with Crippen molar-refractivity contribution in [3.63, 3.8) is 0 Å². The van der Waals surface area contributed by atoms with E-state index in [1.807, 2.05) is 18.2 Å². The molecule has 0 saturated heterocycles. The first-order valence-electron chi connectivity index (χ1n) is 7.99. The van der Waals surface area contributed by atoms with E-state index in [9.17, 15) is 13.2 Å². The molecule has 2 aromatic carbocycles. The van der Waals surface area contributed by atoms with Gasteiger partial charge in [0.2, 0.25) is 10.0 Å². The van der Waals surface area contributed by atoms with Crippen molar-refractivity contribution < 1.29 is 17.9 Å². The first-order valence-corrected chi connectivity index (χ1v) is 9.54. The van der Waals surface area contributed by atoms with Gasteiger partial charge in [-0.25, -0.2) is 13.6 Å². The third-order valence-corrected chi connectivity index (χ3v) is 5.33. The lowest BCUT2D eigenvalue weighted by Gasteiger charge is -2.26. The molecule has 1 aliphatic carbocycles. The van der Waals surface area contributed by atoms with Crippen LogP contribution in [0.5, 0.6) is 5.75 Å². The molecule has 0 saturated carbocycles. The van der Waals surface area contributed by atoms with Crippen molar-refractivity contribution >= 4 is 15.9 Å². The van der Waals surface area contributed by atoms with E-state index in [1.165, 1.54) is 30.9 Å². The molecule has 0 radical (unpaired) electrons. The van der Waals surface area contributed by atoms with Crippen LogP contribution in [0, 0.1) is 0 Å². The summed E-state index contributed by atoms with van der Waals surface area (Å²) < 4.78 is 28.3. The Balaban J connectivity index is 1.92. The molecular formula is C18H20N2O4S. The molecule has 1 aliphatic rings. The molecule has 0 aliphatic heterocycles. The van der Waals surface area contributed by atoms with E-state index in [0.717, 1.165) is 24.8 Å². The standard InChI is InChI=1S/C18H20N2O4S/c1-24-17-10-9-13(25(19,22)23)11-15(17)18(21)20-16-8-4-6-12-5-2-3-7-14(12)16/h2-3,5,7,9-11,16H,4,6,8H2,1H3,(H,20,21)(H2,19,22,23)/t16-/m0/s1. The van der Waals surface area contributed by atoms with Gasteiger partial charge in [-0.1, -0.05) is 24.3 Å². The third kappa shape index (κ3) is 3.67. The van der Waals surface area contributed by atoms with Crippen molar-refractivity contribution in [2.24, 2.45) is 5.14 Å². The minimum absolute atomic E-state index is 0.111. The van der Waals surface area contributed by atoms with Crippen molar-refractivity contribution in [1.29, 1.82) is 0 Å². The van der Waals surface area contributed by atoms with E-state index in [0.29, 0.717) is 5.75 Å². The summed E-state index contributed by atoms with van der Waals surface area (Å²) in [6.07, 6.45) is 2.81. The number of rotatable bonds is 4. The molecule has 0 fully saturated rings. The van der Waals surface area contributed by atoms with E-state index < -0.39 is 10.0 Å². The van der Waals surface area contributed by atoms with E-state index in [2.05, 4.69) is 11.4 Å². The molecule has 0 unspecified atom stereocenters. The summed E-state index contributed by atoms with van der Waals surface area (Å²) in [4.78, 5) is 12.6. The van der Waals surface area contributed by atoms with E-state index in [1.54, 1.807) is 0 Å². The van der Waals surface area contributed by atoms with Crippen LogP contribution in [0.1, 0.15) is 40.4 Å². The second-order valence-electron chi connectivity index (χ2n) is 6.02. The summed E-state index contributed by atoms with van der Waals surface area (Å²) in [6.45, 7) is 0. The number of aryl methyl sites for hydroxylation is 1. The number of sulfonamides is 1. The van der Waals surface area contributed by atoms with Crippen LogP contribution >= 0.6 is 0 Å². The normalized spacial score (nSPS) is 16.8. The van der Waals surface area contributed by atoms with Crippen molar-refractivity contribution in [2.75, 3.05) is 7.11 Å². The number of primary sulfonamides is 1. The van der Waals surface area contributed by atoms with Crippen LogP contribution in [0.25, 0.3) is 0 Å². The number of nitrogens with two attached hydrogens (primary N) is 1. The molecule has 1 amide bonds. The van der Waals surface area contributed by atoms with Crippen molar-refractivity contribution in [2.45, 2.75) is 30.2 Å². The van der Waals surface area contributed by atoms with Gasteiger partial charge < -0.3 is 10.1 Å². The molecule has 2 aromatic rings. The van der Waals surface area contributed by atoms with E-state index in [-0.39, 0.29) is 22.4 Å². The molecule has 0 bridgehead atoms. The molecule has 132 valence electrons. The molecule has 6 nitrogen and oxygen atoms in total. The number of carbonyl (C=O) groups is 1. The summed E-state index contributed by atoms with van der Waals surface area (Å²) in [5.74, 6) is -0.0851. The lowest BCUT2D eigenvalue weighted by atomic mass is 9.87. The molecule has 25 heavy (non-hydrogen) atoms. The third-order valence-electron chi connectivity index (χ3n) is 4.42. The average Bonchev–Trinajstić information content (AvgIpc) is 2.60. The fourth-order valence-corrected chi connectivity index (χ4v) is 3.72. The zero-order chi connectivity index (χ0) is 18.0. The molecule has 3 rings (SSSR count). The Labute approximate surface area is 147 Å². The van der Waals surface area contributed by atoms with Gasteiger partial charge in [0.25, 0.3) is 5.91 Å². The van der Waals surface area contributed by atoms with Crippen LogP contribution in [-0.4, -0.2) is 21.4 Å². The predicted octanol–water partition coefficient (Wildman–Crippen LogP) is 2.15. The Hall–Kier alpha value is -2.38. The zero-order valence-corrected chi connectivity index (χ0v) is 14.7. The summed E-state index contributed by atoms with van der Waals surface area (Å²) >= 11 is 0. The lowest BCUT2D eigenvalue weighted by molar-refractivity contribution is 0.0929. The Kier molecular flexibility index (Phi) is 4.78. The van der Waals surface area contributed by atoms with Crippen molar-refractivity contribution in [1.82, 2.24) is 5.32 Å². The average molecular weight is 360 g/mol. The fraction of sp³-hybridized carbons (Fsp3) is 0.278. The molecular weight excluding hydrogens is 340 g/mol. The minimum Gasteiger partial charge on any atom is -0.496 e. The number of methoxy groups -OCH3 is 1. The Morgan fingerprint density at radius 1 is 1.24 bits per heavy atom. The smallest absolute Gasteiger partial charge is 0.255 e. The van der Waals surface area contributed by atoms with Crippen LogP contribution in [0.4, 0.5) is 0 Å².